The van der Waals surface area contributed by atoms with Gasteiger partial charge in [-0.15, -0.1) is 5.10 Å². The van der Waals surface area contributed by atoms with Gasteiger partial charge in [0.1, 0.15) is 29.2 Å². The van der Waals surface area contributed by atoms with Gasteiger partial charge in [0, 0.05) is 43.2 Å². The number of hydrogen-bond acceptors (Lipinski definition) is 8. The third-order valence-electron chi connectivity index (χ3n) is 7.54. The van der Waals surface area contributed by atoms with Gasteiger partial charge in [-0.1, -0.05) is 12.1 Å². The van der Waals surface area contributed by atoms with Crippen LogP contribution in [0.5, 0.6) is 17.2 Å². The number of carbonyl (C=O) groups excluding carboxylic acids is 3. The Morgan fingerprint density at radius 1 is 1.04 bits per heavy atom. The first-order chi connectivity index (χ1) is 21.7. The van der Waals surface area contributed by atoms with E-state index in [4.69, 9.17) is 14.2 Å². The fraction of sp³-hybridized carbons (Fsp3) is 0.258. The van der Waals surface area contributed by atoms with Crippen LogP contribution in [0.4, 0.5) is 4.39 Å². The van der Waals surface area contributed by atoms with E-state index in [2.05, 4.69) is 25.8 Å². The molecule has 3 heterocycles. The van der Waals surface area contributed by atoms with Crippen LogP contribution >= 0.6 is 0 Å². The number of aromatic amines is 2. The zero-order chi connectivity index (χ0) is 31.5. The second-order valence-corrected chi connectivity index (χ2v) is 10.6. The number of fused-ring (bicyclic) bond motifs is 8. The van der Waals surface area contributed by atoms with Crippen LogP contribution in [0.25, 0.3) is 11.1 Å². The summed E-state index contributed by atoms with van der Waals surface area (Å²) in [6.45, 7) is -0.0159. The number of rotatable bonds is 2. The number of amides is 3. The number of hydrogen-bond donors (Lipinski definition) is 4. The van der Waals surface area contributed by atoms with Crippen molar-refractivity contribution in [1.82, 2.24) is 30.7 Å². The first kappa shape index (κ1) is 29.4. The maximum absolute atomic E-state index is 14.6. The lowest BCUT2D eigenvalue weighted by molar-refractivity contribution is -0.123. The fourth-order valence-electron chi connectivity index (χ4n) is 5.36. The number of methoxy groups -OCH3 is 1. The average molecular weight is 617 g/mol. The molecule has 4 N–H and O–H groups in total. The second kappa shape index (κ2) is 12.5. The number of nitrogens with zero attached hydrogens (tertiary/aromatic N) is 2. The molecule has 3 amide bonds. The zero-order valence-corrected chi connectivity index (χ0v) is 24.1. The number of aromatic nitrogens is 3. The van der Waals surface area contributed by atoms with Crippen LogP contribution in [0.2, 0.25) is 0 Å². The van der Waals surface area contributed by atoms with Crippen LogP contribution in [0, 0.1) is 5.82 Å². The summed E-state index contributed by atoms with van der Waals surface area (Å²) in [5.41, 5.74) is 1.44. The predicted molar refractivity (Wildman–Crippen MR) is 158 cm³/mol. The van der Waals surface area contributed by atoms with Crippen LogP contribution in [0.15, 0.2) is 65.5 Å². The molecule has 232 valence electrons. The molecule has 0 unspecified atom stereocenters. The average Bonchev–Trinajstić information content (AvgIpc) is 3.48. The number of halogens is 1. The van der Waals surface area contributed by atoms with Gasteiger partial charge in [0.2, 0.25) is 5.82 Å². The van der Waals surface area contributed by atoms with Gasteiger partial charge in [0.05, 0.1) is 13.2 Å². The highest BCUT2D eigenvalue weighted by Gasteiger charge is 2.36. The predicted octanol–water partition coefficient (Wildman–Crippen LogP) is 2.01. The number of piperidine rings is 1. The van der Waals surface area contributed by atoms with Crippen LogP contribution < -0.4 is 30.5 Å². The van der Waals surface area contributed by atoms with E-state index in [9.17, 15) is 23.6 Å². The van der Waals surface area contributed by atoms with Gasteiger partial charge in [-0.25, -0.2) is 14.3 Å². The largest absolute Gasteiger partial charge is 0.496 e. The van der Waals surface area contributed by atoms with E-state index >= 15 is 0 Å². The number of carbonyl (C=O) groups is 3. The molecule has 6 rings (SSSR count). The molecule has 4 aromatic rings. The smallest absolute Gasteiger partial charge is 0.341 e. The van der Waals surface area contributed by atoms with E-state index < -0.39 is 41.4 Å². The van der Waals surface area contributed by atoms with Crippen LogP contribution in [-0.2, 0) is 11.3 Å². The maximum Gasteiger partial charge on any atom is 0.341 e. The van der Waals surface area contributed by atoms with Crippen molar-refractivity contribution in [2.75, 3.05) is 26.8 Å². The molecule has 1 fully saturated rings. The first-order valence-electron chi connectivity index (χ1n) is 14.1. The Bertz CT molecular complexity index is 1820. The number of H-pyrrole nitrogens is 2. The van der Waals surface area contributed by atoms with E-state index in [0.29, 0.717) is 33.8 Å². The van der Waals surface area contributed by atoms with E-state index in [0.717, 1.165) is 0 Å². The number of ether oxygens (including phenoxy) is 3. The molecule has 2 atom stereocenters. The Kier molecular flexibility index (Phi) is 8.18. The normalized spacial score (nSPS) is 18.5. The van der Waals surface area contributed by atoms with Crippen molar-refractivity contribution in [3.8, 4) is 28.4 Å². The van der Waals surface area contributed by atoms with E-state index in [1.54, 1.807) is 42.5 Å². The maximum atomic E-state index is 14.6. The lowest BCUT2D eigenvalue weighted by Gasteiger charge is -2.38. The first-order valence-corrected chi connectivity index (χ1v) is 14.1. The minimum Gasteiger partial charge on any atom is -0.496 e. The highest BCUT2D eigenvalue weighted by atomic mass is 19.1. The molecule has 3 aromatic carbocycles. The van der Waals surface area contributed by atoms with Crippen molar-refractivity contribution < 1.29 is 33.0 Å². The van der Waals surface area contributed by atoms with Gasteiger partial charge in [-0.3, -0.25) is 19.4 Å². The molecular formula is C31H29FN6O7. The van der Waals surface area contributed by atoms with Gasteiger partial charge in [-0.2, -0.15) is 0 Å². The summed E-state index contributed by atoms with van der Waals surface area (Å²) in [5, 5.41) is 11.6. The van der Waals surface area contributed by atoms with Gasteiger partial charge >= 0.3 is 5.69 Å². The van der Waals surface area contributed by atoms with Crippen molar-refractivity contribution in [2.24, 2.45) is 0 Å². The van der Waals surface area contributed by atoms with E-state index in [1.807, 2.05) is 6.07 Å². The molecule has 2 aliphatic rings. The fourth-order valence-corrected chi connectivity index (χ4v) is 5.36. The number of likely N-dealkylation sites (tertiary alicyclic amines) is 1. The van der Waals surface area contributed by atoms with Gasteiger partial charge in [0.25, 0.3) is 17.7 Å². The van der Waals surface area contributed by atoms with Crippen molar-refractivity contribution >= 4 is 17.7 Å². The summed E-state index contributed by atoms with van der Waals surface area (Å²) in [4.78, 5) is 54.7. The minimum atomic E-state index is -0.739. The minimum absolute atomic E-state index is 0.0186. The Balaban J connectivity index is 1.37. The quantitative estimate of drug-likeness (QED) is 0.265. The lowest BCUT2D eigenvalue weighted by atomic mass is 9.99. The summed E-state index contributed by atoms with van der Waals surface area (Å²) >= 11 is 0. The van der Waals surface area contributed by atoms with Crippen molar-refractivity contribution in [2.45, 2.75) is 25.1 Å². The topological polar surface area (TPSA) is 168 Å². The molecule has 2 aliphatic heterocycles. The summed E-state index contributed by atoms with van der Waals surface area (Å²) < 4.78 is 32.1. The van der Waals surface area contributed by atoms with Gasteiger partial charge < -0.3 is 29.7 Å². The molecule has 0 radical (unpaired) electrons. The summed E-state index contributed by atoms with van der Waals surface area (Å²) in [6, 6.07) is 15.3. The van der Waals surface area contributed by atoms with Crippen molar-refractivity contribution in [3.05, 3.63) is 93.9 Å². The molecule has 0 saturated carbocycles. The summed E-state index contributed by atoms with van der Waals surface area (Å²) in [6.07, 6.45) is -0.392. The van der Waals surface area contributed by atoms with Crippen molar-refractivity contribution in [3.63, 3.8) is 0 Å². The monoisotopic (exact) mass is 616 g/mol. The molecular weight excluding hydrogens is 587 g/mol. The summed E-state index contributed by atoms with van der Waals surface area (Å²) in [7, 11) is 1.52. The zero-order valence-electron chi connectivity index (χ0n) is 24.1. The molecule has 1 saturated heterocycles. The Hall–Kier alpha value is -5.66. The van der Waals surface area contributed by atoms with Gasteiger partial charge in [0.15, 0.2) is 6.61 Å². The Morgan fingerprint density at radius 3 is 2.71 bits per heavy atom. The molecule has 0 aliphatic carbocycles. The molecule has 1 aromatic heterocycles. The highest BCUT2D eigenvalue weighted by Crippen LogP contribution is 2.33. The number of nitrogens with one attached hydrogen (secondary N) is 4. The standard InChI is InChI=1S/C31H29FN6O7/c1-43-25-6-5-19-12-23(25)18-3-2-4-21(11-18)44-16-27(39)33-14-17-9-20(32)13-22(10-17)45-26-7-8-38(15-24(26)34-29(19)40)30(41)28-35-31(42)37-36-28/h2-6,9-13,24,26H,7-8,14-16H2,1H3,(H,33,39)(H,34,40)(H2,35,36,37,42)/t24-,26-/m1/s1. The van der Waals surface area contributed by atoms with Crippen LogP contribution in [0.1, 0.15) is 33.0 Å². The van der Waals surface area contributed by atoms with Gasteiger partial charge in [-0.05, 0) is 53.6 Å². The molecule has 6 bridgehead atoms. The third kappa shape index (κ3) is 6.64. The van der Waals surface area contributed by atoms with E-state index in [1.165, 1.54) is 24.1 Å². The van der Waals surface area contributed by atoms with E-state index in [-0.39, 0.29) is 44.2 Å². The molecule has 0 spiro atoms. The summed E-state index contributed by atoms with van der Waals surface area (Å²) in [5.74, 6) is -0.994. The van der Waals surface area contributed by atoms with Crippen LogP contribution in [0.3, 0.4) is 0 Å². The SMILES string of the molecule is COc1ccc2cc1-c1cccc(c1)OCC(=O)NCc1cc(F)cc(c1)O[C@@H]1CCN(C(=O)c3n[nH]c(=O)[nH]3)C[C@H]1NC2=O. The van der Waals surface area contributed by atoms with Crippen LogP contribution in [-0.4, -0.2) is 76.8 Å². The number of benzene rings is 3. The Labute approximate surface area is 255 Å². The molecule has 14 heteroatoms. The Morgan fingerprint density at radius 2 is 1.91 bits per heavy atom. The highest BCUT2D eigenvalue weighted by molar-refractivity contribution is 5.96. The van der Waals surface area contributed by atoms with Crippen molar-refractivity contribution in [1.29, 1.82) is 0 Å². The third-order valence-corrected chi connectivity index (χ3v) is 7.54. The molecule has 45 heavy (non-hydrogen) atoms. The second-order valence-electron chi connectivity index (χ2n) is 10.6. The lowest BCUT2D eigenvalue weighted by Crippen LogP contribution is -2.58. The molecule has 13 nitrogen and oxygen atoms in total.